The first kappa shape index (κ1) is 14.2. The summed E-state index contributed by atoms with van der Waals surface area (Å²) >= 11 is 0. The van der Waals surface area contributed by atoms with Gasteiger partial charge in [-0.15, -0.1) is 0 Å². The Morgan fingerprint density at radius 2 is 1.71 bits per heavy atom. The van der Waals surface area contributed by atoms with E-state index in [1.54, 1.807) is 0 Å². The van der Waals surface area contributed by atoms with E-state index in [0.717, 1.165) is 25.3 Å². The lowest BCUT2D eigenvalue weighted by Crippen LogP contribution is -2.42. The van der Waals surface area contributed by atoms with E-state index < -0.39 is 0 Å². The maximum atomic E-state index is 6.37. The van der Waals surface area contributed by atoms with Crippen LogP contribution in [0, 0.1) is 6.92 Å². The van der Waals surface area contributed by atoms with Gasteiger partial charge in [0.05, 0.1) is 0 Å². The number of rotatable bonds is 3. The van der Waals surface area contributed by atoms with Gasteiger partial charge in [-0.05, 0) is 37.6 Å². The number of likely N-dealkylation sites (N-methyl/N-ethyl adjacent to an activating group) is 1. The Hall–Kier alpha value is -1.80. The number of piperidine rings is 1. The van der Waals surface area contributed by atoms with Crippen molar-refractivity contribution in [2.45, 2.75) is 25.4 Å². The Labute approximate surface area is 127 Å². The number of benzene rings is 2. The molecule has 2 aromatic carbocycles. The van der Waals surface area contributed by atoms with Crippen LogP contribution in [0.4, 0.5) is 0 Å². The number of nitrogens with zero attached hydrogens (tertiary/aromatic N) is 1. The van der Waals surface area contributed by atoms with Crippen molar-refractivity contribution in [2.24, 2.45) is 0 Å². The number of hydrogen-bond donors (Lipinski definition) is 0. The molecule has 3 rings (SSSR count). The number of hydrogen-bond acceptors (Lipinski definition) is 2. The first-order valence-electron chi connectivity index (χ1n) is 7.70. The van der Waals surface area contributed by atoms with Crippen LogP contribution in [0.5, 0.6) is 5.75 Å². The van der Waals surface area contributed by atoms with Gasteiger partial charge in [-0.25, -0.2) is 0 Å². The van der Waals surface area contributed by atoms with Gasteiger partial charge in [0.15, 0.2) is 0 Å². The van der Waals surface area contributed by atoms with Crippen molar-refractivity contribution in [3.63, 3.8) is 0 Å². The third-order valence-electron chi connectivity index (χ3n) is 4.35. The van der Waals surface area contributed by atoms with Crippen LogP contribution >= 0.6 is 0 Å². The zero-order chi connectivity index (χ0) is 14.7. The molecule has 2 atom stereocenters. The smallest absolute Gasteiger partial charge is 0.122 e. The molecular formula is C19H23NO. The average Bonchev–Trinajstić information content (AvgIpc) is 2.52. The fourth-order valence-electron chi connectivity index (χ4n) is 3.11. The third-order valence-corrected chi connectivity index (χ3v) is 4.35. The molecule has 1 aliphatic rings. The predicted molar refractivity (Wildman–Crippen MR) is 86.9 cm³/mol. The lowest BCUT2D eigenvalue weighted by molar-refractivity contribution is 0.0896. The summed E-state index contributed by atoms with van der Waals surface area (Å²) in [5.74, 6) is 1.46. The standard InChI is InChI=1S/C19H23NO/c1-15-8-6-7-11-18(15)21-19-12-13-20(2)14-17(19)16-9-4-3-5-10-16/h3-11,17,19H,12-14H2,1-2H3/t17-,19+/m1/s1. The van der Waals surface area contributed by atoms with E-state index in [9.17, 15) is 0 Å². The van der Waals surface area contributed by atoms with Crippen LogP contribution in [0.1, 0.15) is 23.5 Å². The van der Waals surface area contributed by atoms with E-state index in [4.69, 9.17) is 4.74 Å². The van der Waals surface area contributed by atoms with Crippen molar-refractivity contribution < 1.29 is 4.74 Å². The summed E-state index contributed by atoms with van der Waals surface area (Å²) in [6, 6.07) is 19.1. The normalized spacial score (nSPS) is 23.0. The minimum absolute atomic E-state index is 0.254. The van der Waals surface area contributed by atoms with Crippen LogP contribution in [-0.2, 0) is 0 Å². The van der Waals surface area contributed by atoms with E-state index >= 15 is 0 Å². The van der Waals surface area contributed by atoms with E-state index in [2.05, 4.69) is 73.5 Å². The molecule has 0 unspecified atom stereocenters. The highest BCUT2D eigenvalue weighted by molar-refractivity contribution is 5.32. The molecule has 0 saturated carbocycles. The SMILES string of the molecule is Cc1ccccc1O[C@H]1CCN(C)C[C@@H]1c1ccccc1. The van der Waals surface area contributed by atoms with Gasteiger partial charge in [-0.1, -0.05) is 48.5 Å². The summed E-state index contributed by atoms with van der Waals surface area (Å²) in [6.45, 7) is 4.27. The Bertz CT molecular complexity index is 581. The molecule has 0 amide bonds. The van der Waals surface area contributed by atoms with Gasteiger partial charge in [0, 0.05) is 19.0 Å². The quantitative estimate of drug-likeness (QED) is 0.847. The number of likely N-dealkylation sites (tertiary alicyclic amines) is 1. The van der Waals surface area contributed by atoms with Gasteiger partial charge < -0.3 is 9.64 Å². The van der Waals surface area contributed by atoms with Gasteiger partial charge in [0.25, 0.3) is 0 Å². The summed E-state index contributed by atoms with van der Waals surface area (Å²) < 4.78 is 6.37. The van der Waals surface area contributed by atoms with Crippen LogP contribution in [0.15, 0.2) is 54.6 Å². The minimum atomic E-state index is 0.254. The molecule has 1 saturated heterocycles. The second kappa shape index (κ2) is 6.31. The minimum Gasteiger partial charge on any atom is -0.489 e. The number of para-hydroxylation sites is 1. The van der Waals surface area contributed by atoms with Crippen molar-refractivity contribution >= 4 is 0 Å². The third kappa shape index (κ3) is 3.27. The molecule has 0 radical (unpaired) electrons. The van der Waals surface area contributed by atoms with Crippen LogP contribution < -0.4 is 4.74 Å². The Morgan fingerprint density at radius 1 is 1.00 bits per heavy atom. The lowest BCUT2D eigenvalue weighted by Gasteiger charge is -2.37. The predicted octanol–water partition coefficient (Wildman–Crippen LogP) is 3.86. The van der Waals surface area contributed by atoms with Gasteiger partial charge in [0.1, 0.15) is 11.9 Å². The Morgan fingerprint density at radius 3 is 2.48 bits per heavy atom. The lowest BCUT2D eigenvalue weighted by atomic mass is 9.88. The molecule has 2 nitrogen and oxygen atoms in total. The van der Waals surface area contributed by atoms with Gasteiger partial charge >= 0.3 is 0 Å². The molecule has 21 heavy (non-hydrogen) atoms. The summed E-state index contributed by atoms with van der Waals surface area (Å²) in [6.07, 6.45) is 1.33. The number of aryl methyl sites for hydroxylation is 1. The average molecular weight is 281 g/mol. The topological polar surface area (TPSA) is 12.5 Å². The maximum absolute atomic E-state index is 6.37. The van der Waals surface area contributed by atoms with Crippen molar-refractivity contribution in [1.29, 1.82) is 0 Å². The first-order valence-corrected chi connectivity index (χ1v) is 7.70. The highest BCUT2D eigenvalue weighted by atomic mass is 16.5. The maximum Gasteiger partial charge on any atom is 0.122 e. The molecular weight excluding hydrogens is 258 g/mol. The van der Waals surface area contributed by atoms with E-state index in [0.29, 0.717) is 5.92 Å². The summed E-state index contributed by atoms with van der Waals surface area (Å²) in [5, 5.41) is 0. The zero-order valence-electron chi connectivity index (χ0n) is 12.8. The van der Waals surface area contributed by atoms with Crippen LogP contribution in [-0.4, -0.2) is 31.1 Å². The second-order valence-electron chi connectivity index (χ2n) is 5.99. The summed E-state index contributed by atoms with van der Waals surface area (Å²) in [4.78, 5) is 2.40. The molecule has 0 bridgehead atoms. The van der Waals surface area contributed by atoms with Gasteiger partial charge in [0.2, 0.25) is 0 Å². The van der Waals surface area contributed by atoms with Gasteiger partial charge in [-0.3, -0.25) is 0 Å². The Balaban J connectivity index is 1.83. The molecule has 0 N–H and O–H groups in total. The molecule has 2 aromatic rings. The fraction of sp³-hybridized carbons (Fsp3) is 0.368. The zero-order valence-corrected chi connectivity index (χ0v) is 12.8. The largest absolute Gasteiger partial charge is 0.489 e. The molecule has 0 spiro atoms. The molecule has 0 aromatic heterocycles. The highest BCUT2D eigenvalue weighted by Gasteiger charge is 2.30. The van der Waals surface area contributed by atoms with Crippen molar-refractivity contribution in [1.82, 2.24) is 4.90 Å². The molecule has 1 fully saturated rings. The van der Waals surface area contributed by atoms with E-state index in [-0.39, 0.29) is 6.10 Å². The monoisotopic (exact) mass is 281 g/mol. The van der Waals surface area contributed by atoms with Crippen molar-refractivity contribution in [3.8, 4) is 5.75 Å². The molecule has 110 valence electrons. The van der Waals surface area contributed by atoms with Crippen LogP contribution in [0.3, 0.4) is 0 Å². The first-order chi connectivity index (χ1) is 10.2. The summed E-state index contributed by atoms with van der Waals surface area (Å²) in [5.41, 5.74) is 2.59. The fourth-order valence-corrected chi connectivity index (χ4v) is 3.11. The summed E-state index contributed by atoms with van der Waals surface area (Å²) in [7, 11) is 2.19. The molecule has 1 aliphatic heterocycles. The van der Waals surface area contributed by atoms with E-state index in [1.807, 2.05) is 0 Å². The molecule has 1 heterocycles. The highest BCUT2D eigenvalue weighted by Crippen LogP contribution is 2.31. The molecule has 0 aliphatic carbocycles. The van der Waals surface area contributed by atoms with Crippen LogP contribution in [0.25, 0.3) is 0 Å². The second-order valence-corrected chi connectivity index (χ2v) is 5.99. The van der Waals surface area contributed by atoms with E-state index in [1.165, 1.54) is 11.1 Å². The van der Waals surface area contributed by atoms with Crippen molar-refractivity contribution in [3.05, 3.63) is 65.7 Å². The van der Waals surface area contributed by atoms with Crippen molar-refractivity contribution in [2.75, 3.05) is 20.1 Å². The van der Waals surface area contributed by atoms with Gasteiger partial charge in [-0.2, -0.15) is 0 Å². The Kier molecular flexibility index (Phi) is 4.26. The molecule has 2 heteroatoms. The number of ether oxygens (including phenoxy) is 1. The van der Waals surface area contributed by atoms with Crippen LogP contribution in [0.2, 0.25) is 0 Å².